The molecule has 2 aromatic rings. The van der Waals surface area contributed by atoms with Gasteiger partial charge in [-0.05, 0) is 36.5 Å². The van der Waals surface area contributed by atoms with Gasteiger partial charge < -0.3 is 15.2 Å². The first-order chi connectivity index (χ1) is 12.5. The molecule has 0 unspecified atom stereocenters. The molecule has 1 aromatic carbocycles. The molecule has 1 saturated carbocycles. The van der Waals surface area contributed by atoms with Crippen LogP contribution in [-0.4, -0.2) is 24.7 Å². The number of nitrogens with zero attached hydrogens (tertiary/aromatic N) is 2. The average molecular weight is 375 g/mol. The highest BCUT2D eigenvalue weighted by molar-refractivity contribution is 6.30. The minimum atomic E-state index is 0.166. The van der Waals surface area contributed by atoms with E-state index in [4.69, 9.17) is 16.1 Å². The van der Waals surface area contributed by atoms with Crippen LogP contribution in [0.2, 0.25) is 5.02 Å². The minimum Gasteiger partial charge on any atom is -0.359 e. The molecule has 2 N–H and O–H groups in total. The summed E-state index contributed by atoms with van der Waals surface area (Å²) in [6.45, 7) is 5.62. The van der Waals surface area contributed by atoms with Crippen LogP contribution in [0.25, 0.3) is 0 Å². The first-order valence-corrected chi connectivity index (χ1v) is 9.56. The highest BCUT2D eigenvalue weighted by atomic mass is 35.5. The van der Waals surface area contributed by atoms with Crippen molar-refractivity contribution in [2.75, 3.05) is 13.6 Å². The van der Waals surface area contributed by atoms with Crippen molar-refractivity contribution in [3.63, 3.8) is 0 Å². The standard InChI is InChI=1S/C20H27ClN4O/c1-14(2)18-11-17(26-25-18)12-23-19(22-3)24-13-20(9-4-10-20)15-5-7-16(21)8-6-15/h5-8,11,14H,4,9-10,12-13H2,1-3H3,(H2,22,23,24). The smallest absolute Gasteiger partial charge is 0.191 e. The molecule has 0 radical (unpaired) electrons. The quantitative estimate of drug-likeness (QED) is 0.586. The zero-order chi connectivity index (χ0) is 18.6. The van der Waals surface area contributed by atoms with E-state index in [1.807, 2.05) is 18.2 Å². The van der Waals surface area contributed by atoms with Crippen LogP contribution in [0.4, 0.5) is 0 Å². The van der Waals surface area contributed by atoms with E-state index < -0.39 is 0 Å². The summed E-state index contributed by atoms with van der Waals surface area (Å²) in [7, 11) is 1.78. The van der Waals surface area contributed by atoms with Crippen LogP contribution in [0.3, 0.4) is 0 Å². The van der Waals surface area contributed by atoms with Crippen molar-refractivity contribution in [1.29, 1.82) is 0 Å². The molecule has 0 bridgehead atoms. The van der Waals surface area contributed by atoms with E-state index in [9.17, 15) is 0 Å². The van der Waals surface area contributed by atoms with Crippen molar-refractivity contribution in [2.24, 2.45) is 4.99 Å². The third-order valence-electron chi connectivity index (χ3n) is 5.18. The molecule has 0 aliphatic heterocycles. The van der Waals surface area contributed by atoms with Gasteiger partial charge in [0.15, 0.2) is 11.7 Å². The van der Waals surface area contributed by atoms with Crippen molar-refractivity contribution in [3.05, 3.63) is 52.4 Å². The van der Waals surface area contributed by atoms with Crippen LogP contribution in [0.1, 0.15) is 56.0 Å². The van der Waals surface area contributed by atoms with Crippen molar-refractivity contribution in [3.8, 4) is 0 Å². The van der Waals surface area contributed by atoms with Crippen molar-refractivity contribution >= 4 is 17.6 Å². The molecule has 140 valence electrons. The first-order valence-electron chi connectivity index (χ1n) is 9.18. The summed E-state index contributed by atoms with van der Waals surface area (Å²) < 4.78 is 5.37. The number of guanidine groups is 1. The number of hydrogen-bond donors (Lipinski definition) is 2. The summed E-state index contributed by atoms with van der Waals surface area (Å²) in [4.78, 5) is 4.33. The van der Waals surface area contributed by atoms with E-state index in [0.717, 1.165) is 29.0 Å². The normalized spacial score (nSPS) is 16.4. The molecule has 1 aromatic heterocycles. The third-order valence-corrected chi connectivity index (χ3v) is 5.44. The summed E-state index contributed by atoms with van der Waals surface area (Å²) in [5.74, 6) is 1.95. The predicted molar refractivity (Wildman–Crippen MR) is 106 cm³/mol. The fraction of sp³-hybridized carbons (Fsp3) is 0.500. The van der Waals surface area contributed by atoms with Crippen LogP contribution in [0.15, 0.2) is 39.8 Å². The molecule has 1 fully saturated rings. The van der Waals surface area contributed by atoms with Gasteiger partial charge in [0.25, 0.3) is 0 Å². The van der Waals surface area contributed by atoms with Gasteiger partial charge in [-0.15, -0.1) is 0 Å². The van der Waals surface area contributed by atoms with E-state index in [0.29, 0.717) is 12.5 Å². The maximum Gasteiger partial charge on any atom is 0.191 e. The molecule has 1 aliphatic carbocycles. The minimum absolute atomic E-state index is 0.166. The van der Waals surface area contributed by atoms with Crippen molar-refractivity contribution in [1.82, 2.24) is 15.8 Å². The lowest BCUT2D eigenvalue weighted by Crippen LogP contribution is -2.48. The molecule has 26 heavy (non-hydrogen) atoms. The van der Waals surface area contributed by atoms with Gasteiger partial charge >= 0.3 is 0 Å². The average Bonchev–Trinajstić information content (AvgIpc) is 3.07. The van der Waals surface area contributed by atoms with Gasteiger partial charge in [-0.25, -0.2) is 0 Å². The van der Waals surface area contributed by atoms with Gasteiger partial charge in [0.05, 0.1) is 12.2 Å². The lowest BCUT2D eigenvalue weighted by atomic mass is 9.64. The Morgan fingerprint density at radius 2 is 2.00 bits per heavy atom. The molecule has 6 heteroatoms. The van der Waals surface area contributed by atoms with Gasteiger partial charge in [-0.1, -0.05) is 49.2 Å². The Morgan fingerprint density at radius 3 is 2.54 bits per heavy atom. The summed E-state index contributed by atoms with van der Waals surface area (Å²) >= 11 is 6.03. The number of halogens is 1. The highest BCUT2D eigenvalue weighted by Gasteiger charge is 2.38. The van der Waals surface area contributed by atoms with Gasteiger partial charge in [-0.3, -0.25) is 4.99 Å². The third kappa shape index (κ3) is 4.21. The zero-order valence-electron chi connectivity index (χ0n) is 15.7. The second-order valence-corrected chi connectivity index (χ2v) is 7.73. The Kier molecular flexibility index (Phi) is 5.87. The Labute approximate surface area is 160 Å². The molecule has 1 heterocycles. The number of benzene rings is 1. The molecule has 0 spiro atoms. The largest absolute Gasteiger partial charge is 0.359 e. The van der Waals surface area contributed by atoms with Crippen molar-refractivity contribution in [2.45, 2.75) is 51.0 Å². The van der Waals surface area contributed by atoms with E-state index in [-0.39, 0.29) is 5.41 Å². The maximum absolute atomic E-state index is 6.03. The highest BCUT2D eigenvalue weighted by Crippen LogP contribution is 2.43. The second-order valence-electron chi connectivity index (χ2n) is 7.29. The van der Waals surface area contributed by atoms with E-state index >= 15 is 0 Å². The van der Waals surface area contributed by atoms with Crippen molar-refractivity contribution < 1.29 is 4.52 Å². The Bertz CT molecular complexity index is 747. The number of hydrogen-bond acceptors (Lipinski definition) is 3. The van der Waals surface area contributed by atoms with E-state index in [2.05, 4.69) is 46.8 Å². The van der Waals surface area contributed by atoms with Crippen LogP contribution >= 0.6 is 11.6 Å². The molecule has 3 rings (SSSR count). The van der Waals surface area contributed by atoms with Gasteiger partial charge in [0.1, 0.15) is 0 Å². The summed E-state index contributed by atoms with van der Waals surface area (Å²) in [5.41, 5.74) is 2.48. The Morgan fingerprint density at radius 1 is 1.27 bits per heavy atom. The lowest BCUT2D eigenvalue weighted by molar-refractivity contribution is 0.243. The molecule has 0 atom stereocenters. The summed E-state index contributed by atoms with van der Waals surface area (Å²) in [5, 5.41) is 11.6. The number of aliphatic imine (C=N–C) groups is 1. The Balaban J connectivity index is 1.56. The molecule has 5 nitrogen and oxygen atoms in total. The Hall–Kier alpha value is -2.01. The SMILES string of the molecule is CN=C(NCc1cc(C(C)C)no1)NCC1(c2ccc(Cl)cc2)CCC1. The van der Waals surface area contributed by atoms with Crippen LogP contribution in [-0.2, 0) is 12.0 Å². The number of nitrogens with one attached hydrogen (secondary N) is 2. The summed E-state index contributed by atoms with van der Waals surface area (Å²) in [6.07, 6.45) is 3.61. The number of aromatic nitrogens is 1. The fourth-order valence-corrected chi connectivity index (χ4v) is 3.43. The summed E-state index contributed by atoms with van der Waals surface area (Å²) in [6, 6.07) is 10.2. The van der Waals surface area contributed by atoms with Crippen LogP contribution in [0, 0.1) is 0 Å². The lowest BCUT2D eigenvalue weighted by Gasteiger charge is -2.43. The molecule has 0 saturated heterocycles. The van der Waals surface area contributed by atoms with E-state index in [1.165, 1.54) is 24.8 Å². The molecular formula is C20H27ClN4O. The molecule has 0 amide bonds. The van der Waals surface area contributed by atoms with E-state index in [1.54, 1.807) is 7.05 Å². The van der Waals surface area contributed by atoms with Gasteiger partial charge in [0, 0.05) is 30.1 Å². The van der Waals surface area contributed by atoms with Crippen LogP contribution in [0.5, 0.6) is 0 Å². The zero-order valence-corrected chi connectivity index (χ0v) is 16.4. The van der Waals surface area contributed by atoms with Gasteiger partial charge in [0.2, 0.25) is 0 Å². The van der Waals surface area contributed by atoms with Crippen LogP contribution < -0.4 is 10.6 Å². The first kappa shape index (κ1) is 18.8. The fourth-order valence-electron chi connectivity index (χ4n) is 3.30. The second kappa shape index (κ2) is 8.12. The molecule has 1 aliphatic rings. The van der Waals surface area contributed by atoms with Gasteiger partial charge in [-0.2, -0.15) is 0 Å². The molecular weight excluding hydrogens is 348 g/mol. The maximum atomic E-state index is 6.03. The number of rotatable bonds is 6. The predicted octanol–water partition coefficient (Wildman–Crippen LogP) is 4.24. The monoisotopic (exact) mass is 374 g/mol. The topological polar surface area (TPSA) is 62.5 Å².